The zero-order valence-electron chi connectivity index (χ0n) is 17.3. The molecular weight excluding hydrogens is 398 g/mol. The molecule has 0 unspecified atom stereocenters. The molecule has 0 aromatic heterocycles. The van der Waals surface area contributed by atoms with Crippen LogP contribution in [-0.4, -0.2) is 37.0 Å². The maximum absolute atomic E-state index is 12.4. The maximum atomic E-state index is 12.4. The summed E-state index contributed by atoms with van der Waals surface area (Å²) in [4.78, 5) is 50.0. The molecule has 162 valence electrons. The third kappa shape index (κ3) is 5.91. The summed E-state index contributed by atoms with van der Waals surface area (Å²) in [5.74, 6) is -2.19. The highest BCUT2D eigenvalue weighted by Gasteiger charge is 2.37. The minimum absolute atomic E-state index is 0.0239. The summed E-state index contributed by atoms with van der Waals surface area (Å²) in [6.07, 6.45) is 0.789. The van der Waals surface area contributed by atoms with Crippen molar-refractivity contribution in [3.63, 3.8) is 0 Å². The van der Waals surface area contributed by atoms with Crippen LogP contribution >= 0.6 is 0 Å². The number of nitrogens with zero attached hydrogens (tertiary/aromatic N) is 1. The summed E-state index contributed by atoms with van der Waals surface area (Å²) in [5.41, 5.74) is 2.69. The molecule has 1 aliphatic rings. The Morgan fingerprint density at radius 1 is 1.06 bits per heavy atom. The van der Waals surface area contributed by atoms with Crippen molar-refractivity contribution in [1.82, 2.24) is 10.6 Å². The van der Waals surface area contributed by atoms with Gasteiger partial charge in [0.05, 0.1) is 5.92 Å². The zero-order chi connectivity index (χ0) is 22.2. The van der Waals surface area contributed by atoms with Gasteiger partial charge in [-0.15, -0.1) is 0 Å². The van der Waals surface area contributed by atoms with E-state index in [1.54, 1.807) is 4.90 Å². The number of hydrogen-bond donors (Lipinski definition) is 2. The molecule has 2 aromatic carbocycles. The average Bonchev–Trinajstić information content (AvgIpc) is 3.18. The number of para-hydroxylation sites is 1. The van der Waals surface area contributed by atoms with Gasteiger partial charge in [0.25, 0.3) is 5.91 Å². The molecule has 0 aliphatic carbocycles. The Labute approximate surface area is 180 Å². The molecule has 8 heteroatoms. The Morgan fingerprint density at radius 2 is 1.77 bits per heavy atom. The summed E-state index contributed by atoms with van der Waals surface area (Å²) >= 11 is 0. The number of anilines is 1. The molecule has 1 aliphatic heterocycles. The van der Waals surface area contributed by atoms with Crippen LogP contribution in [0.25, 0.3) is 0 Å². The van der Waals surface area contributed by atoms with E-state index in [0.29, 0.717) is 0 Å². The van der Waals surface area contributed by atoms with Gasteiger partial charge in [-0.1, -0.05) is 55.5 Å². The van der Waals surface area contributed by atoms with Crippen LogP contribution in [-0.2, 0) is 32.1 Å². The van der Waals surface area contributed by atoms with Crippen molar-refractivity contribution < 1.29 is 23.9 Å². The average molecular weight is 423 g/mol. The molecule has 8 nitrogen and oxygen atoms in total. The first-order valence-electron chi connectivity index (χ1n) is 10.1. The lowest BCUT2D eigenvalue weighted by Crippen LogP contribution is -2.41. The van der Waals surface area contributed by atoms with Crippen LogP contribution < -0.4 is 15.5 Å². The molecule has 0 bridgehead atoms. The van der Waals surface area contributed by atoms with Crippen LogP contribution in [0.3, 0.4) is 0 Å². The number of hydrogen-bond acceptors (Lipinski definition) is 5. The van der Waals surface area contributed by atoms with Crippen molar-refractivity contribution >= 4 is 29.5 Å². The minimum Gasteiger partial charge on any atom is -0.455 e. The fourth-order valence-electron chi connectivity index (χ4n) is 3.41. The molecule has 1 atom stereocenters. The lowest BCUT2D eigenvalue weighted by Gasteiger charge is -2.19. The predicted molar refractivity (Wildman–Crippen MR) is 114 cm³/mol. The van der Waals surface area contributed by atoms with Gasteiger partial charge in [-0.05, 0) is 23.6 Å². The quantitative estimate of drug-likeness (QED) is 0.664. The van der Waals surface area contributed by atoms with Gasteiger partial charge < -0.3 is 15.0 Å². The van der Waals surface area contributed by atoms with E-state index >= 15 is 0 Å². The van der Waals surface area contributed by atoms with Gasteiger partial charge in [0, 0.05) is 25.2 Å². The second kappa shape index (κ2) is 10.4. The number of ether oxygens (including phenoxy) is 1. The Morgan fingerprint density at radius 3 is 2.52 bits per heavy atom. The Bertz CT molecular complexity index is 961. The number of carbonyl (C=O) groups excluding carboxylic acids is 4. The van der Waals surface area contributed by atoms with Gasteiger partial charge >= 0.3 is 12.0 Å². The number of imide groups is 1. The van der Waals surface area contributed by atoms with E-state index in [2.05, 4.69) is 10.6 Å². The first kappa shape index (κ1) is 22.0. The van der Waals surface area contributed by atoms with Crippen molar-refractivity contribution in [3.05, 3.63) is 65.7 Å². The van der Waals surface area contributed by atoms with Crippen molar-refractivity contribution in [3.8, 4) is 0 Å². The molecule has 0 saturated carbocycles. The topological polar surface area (TPSA) is 105 Å². The molecule has 2 N–H and O–H groups in total. The SMILES string of the molecule is CCc1ccccc1N1C[C@@H](C(=O)OCC(=O)NC(=O)NCc2ccccc2)CC1=O. The van der Waals surface area contributed by atoms with E-state index in [1.807, 2.05) is 61.5 Å². The number of esters is 1. The molecule has 1 fully saturated rings. The van der Waals surface area contributed by atoms with Crippen molar-refractivity contribution in [2.45, 2.75) is 26.3 Å². The summed E-state index contributed by atoms with van der Waals surface area (Å²) in [6, 6.07) is 16.1. The number of carbonyl (C=O) groups is 4. The van der Waals surface area contributed by atoms with Crippen molar-refractivity contribution in [1.29, 1.82) is 0 Å². The number of nitrogens with one attached hydrogen (secondary N) is 2. The molecule has 31 heavy (non-hydrogen) atoms. The van der Waals surface area contributed by atoms with Crippen LogP contribution in [0.15, 0.2) is 54.6 Å². The number of rotatable bonds is 7. The van der Waals surface area contributed by atoms with Gasteiger partial charge in [0.2, 0.25) is 5.91 Å². The van der Waals surface area contributed by atoms with E-state index in [9.17, 15) is 19.2 Å². The Kier molecular flexibility index (Phi) is 7.37. The normalized spacial score (nSPS) is 15.5. The third-order valence-corrected chi connectivity index (χ3v) is 5.02. The lowest BCUT2D eigenvalue weighted by atomic mass is 10.1. The Hall–Kier alpha value is -3.68. The number of benzene rings is 2. The second-order valence-corrected chi connectivity index (χ2v) is 7.21. The van der Waals surface area contributed by atoms with Crippen LogP contribution in [0.2, 0.25) is 0 Å². The van der Waals surface area contributed by atoms with Gasteiger partial charge in [-0.3, -0.25) is 19.7 Å². The van der Waals surface area contributed by atoms with Gasteiger partial charge in [0.1, 0.15) is 0 Å². The van der Waals surface area contributed by atoms with E-state index < -0.39 is 30.4 Å². The lowest BCUT2D eigenvalue weighted by molar-refractivity contribution is -0.152. The van der Waals surface area contributed by atoms with E-state index in [4.69, 9.17) is 4.74 Å². The highest BCUT2D eigenvalue weighted by molar-refractivity contribution is 6.00. The number of amides is 4. The van der Waals surface area contributed by atoms with Gasteiger partial charge in [-0.2, -0.15) is 0 Å². The molecule has 2 aromatic rings. The van der Waals surface area contributed by atoms with Gasteiger partial charge in [0.15, 0.2) is 6.61 Å². The highest BCUT2D eigenvalue weighted by atomic mass is 16.5. The predicted octanol–water partition coefficient (Wildman–Crippen LogP) is 2.17. The van der Waals surface area contributed by atoms with Crippen LogP contribution in [0.5, 0.6) is 0 Å². The minimum atomic E-state index is -0.739. The smallest absolute Gasteiger partial charge is 0.321 e. The fourth-order valence-corrected chi connectivity index (χ4v) is 3.41. The highest BCUT2D eigenvalue weighted by Crippen LogP contribution is 2.29. The molecular formula is C23H25N3O5. The largest absolute Gasteiger partial charge is 0.455 e. The Balaban J connectivity index is 1.44. The van der Waals surface area contributed by atoms with Crippen molar-refractivity contribution in [2.24, 2.45) is 5.92 Å². The molecule has 3 rings (SSSR count). The van der Waals surface area contributed by atoms with E-state index in [0.717, 1.165) is 23.2 Å². The number of urea groups is 1. The summed E-state index contributed by atoms with van der Waals surface area (Å²) in [6.45, 7) is 1.88. The number of aryl methyl sites for hydroxylation is 1. The van der Waals surface area contributed by atoms with E-state index in [-0.39, 0.29) is 25.4 Å². The van der Waals surface area contributed by atoms with Crippen LogP contribution in [0, 0.1) is 5.92 Å². The van der Waals surface area contributed by atoms with Gasteiger partial charge in [-0.25, -0.2) is 4.79 Å². The maximum Gasteiger partial charge on any atom is 0.321 e. The first-order valence-corrected chi connectivity index (χ1v) is 10.1. The summed E-state index contributed by atoms with van der Waals surface area (Å²) in [7, 11) is 0. The molecule has 0 spiro atoms. The van der Waals surface area contributed by atoms with Crippen molar-refractivity contribution in [2.75, 3.05) is 18.1 Å². The monoisotopic (exact) mass is 423 g/mol. The first-order chi connectivity index (χ1) is 15.0. The summed E-state index contributed by atoms with van der Waals surface area (Å²) < 4.78 is 5.03. The summed E-state index contributed by atoms with van der Waals surface area (Å²) in [5, 5.41) is 4.66. The second-order valence-electron chi connectivity index (χ2n) is 7.21. The molecule has 0 radical (unpaired) electrons. The van der Waals surface area contributed by atoms with Crippen LogP contribution in [0.1, 0.15) is 24.5 Å². The zero-order valence-corrected chi connectivity index (χ0v) is 17.3. The fraction of sp³-hybridized carbons (Fsp3) is 0.304. The molecule has 4 amide bonds. The standard InChI is InChI=1S/C23H25N3O5/c1-2-17-10-6-7-11-19(17)26-14-18(12-21(26)28)22(29)31-15-20(27)25-23(30)24-13-16-8-4-3-5-9-16/h3-11,18H,2,12-15H2,1H3,(H2,24,25,27,30)/t18-/m0/s1. The third-order valence-electron chi connectivity index (χ3n) is 5.02. The molecule has 1 saturated heterocycles. The van der Waals surface area contributed by atoms with E-state index in [1.165, 1.54) is 0 Å². The van der Waals surface area contributed by atoms with Crippen LogP contribution in [0.4, 0.5) is 10.5 Å². The molecule has 1 heterocycles.